The van der Waals surface area contributed by atoms with Gasteiger partial charge in [-0.2, -0.15) is 0 Å². The number of rotatable bonds is 5. The summed E-state index contributed by atoms with van der Waals surface area (Å²) in [5.41, 5.74) is 7.10. The second-order valence-electron chi connectivity index (χ2n) is 4.56. The number of nitro groups is 1. The van der Waals surface area contributed by atoms with Crippen LogP contribution >= 0.6 is 11.3 Å². The SMILES string of the molecule is Cc1noc(/C=C/c2sccc2CC(C)N)c1[N+](=O)[O-]. The molecule has 2 aromatic heterocycles. The maximum Gasteiger partial charge on any atom is 0.338 e. The number of nitrogens with zero attached hydrogens (tertiary/aromatic N) is 2. The molecule has 0 aliphatic heterocycles. The summed E-state index contributed by atoms with van der Waals surface area (Å²) in [4.78, 5) is 11.5. The maximum absolute atomic E-state index is 10.9. The Morgan fingerprint density at radius 1 is 1.60 bits per heavy atom. The van der Waals surface area contributed by atoms with E-state index < -0.39 is 4.92 Å². The average molecular weight is 293 g/mol. The van der Waals surface area contributed by atoms with Crippen LogP contribution in [-0.4, -0.2) is 16.1 Å². The highest BCUT2D eigenvalue weighted by Gasteiger charge is 2.22. The van der Waals surface area contributed by atoms with Gasteiger partial charge in [0.1, 0.15) is 0 Å². The summed E-state index contributed by atoms with van der Waals surface area (Å²) in [6, 6.07) is 2.08. The quantitative estimate of drug-likeness (QED) is 0.675. The number of hydrogen-bond donors (Lipinski definition) is 1. The zero-order valence-electron chi connectivity index (χ0n) is 11.2. The Morgan fingerprint density at radius 3 is 3.00 bits per heavy atom. The van der Waals surface area contributed by atoms with Gasteiger partial charge in [-0.3, -0.25) is 10.1 Å². The molecule has 0 aromatic carbocycles. The van der Waals surface area contributed by atoms with Gasteiger partial charge in [-0.25, -0.2) is 0 Å². The fourth-order valence-electron chi connectivity index (χ4n) is 1.87. The molecule has 0 radical (unpaired) electrons. The van der Waals surface area contributed by atoms with E-state index in [9.17, 15) is 10.1 Å². The van der Waals surface area contributed by atoms with Gasteiger partial charge in [0.05, 0.1) is 4.92 Å². The molecule has 2 heterocycles. The molecular formula is C13H15N3O3S. The minimum absolute atomic E-state index is 0.0682. The topological polar surface area (TPSA) is 95.2 Å². The molecule has 0 amide bonds. The van der Waals surface area contributed by atoms with E-state index in [0.29, 0.717) is 0 Å². The first-order valence-corrected chi connectivity index (χ1v) is 6.97. The van der Waals surface area contributed by atoms with Crippen LogP contribution in [0.4, 0.5) is 5.69 Å². The van der Waals surface area contributed by atoms with Gasteiger partial charge in [-0.05, 0) is 49.4 Å². The zero-order valence-corrected chi connectivity index (χ0v) is 12.0. The van der Waals surface area contributed by atoms with Gasteiger partial charge in [0.2, 0.25) is 5.76 Å². The lowest BCUT2D eigenvalue weighted by atomic mass is 10.1. The van der Waals surface area contributed by atoms with Gasteiger partial charge >= 0.3 is 5.69 Å². The van der Waals surface area contributed by atoms with Crippen LogP contribution in [0.3, 0.4) is 0 Å². The predicted molar refractivity (Wildman–Crippen MR) is 78.5 cm³/mol. The van der Waals surface area contributed by atoms with Crippen LogP contribution in [0.5, 0.6) is 0 Å². The molecule has 0 spiro atoms. The number of aryl methyl sites for hydroxylation is 1. The molecule has 7 heteroatoms. The van der Waals surface area contributed by atoms with E-state index in [1.54, 1.807) is 30.4 Å². The van der Waals surface area contributed by atoms with Crippen LogP contribution in [0.15, 0.2) is 16.0 Å². The summed E-state index contributed by atoms with van der Waals surface area (Å²) in [6.07, 6.45) is 4.14. The van der Waals surface area contributed by atoms with Gasteiger partial charge in [-0.15, -0.1) is 11.3 Å². The van der Waals surface area contributed by atoms with Crippen molar-refractivity contribution in [2.45, 2.75) is 26.3 Å². The van der Waals surface area contributed by atoms with E-state index in [1.165, 1.54) is 0 Å². The van der Waals surface area contributed by atoms with Crippen molar-refractivity contribution in [3.63, 3.8) is 0 Å². The monoisotopic (exact) mass is 293 g/mol. The standard InChI is InChI=1S/C13H15N3O3S/c1-8(14)7-10-5-6-20-12(10)4-3-11-13(16(17)18)9(2)15-19-11/h3-6,8H,7,14H2,1-2H3/b4-3+. The van der Waals surface area contributed by atoms with Crippen molar-refractivity contribution in [2.24, 2.45) is 5.73 Å². The van der Waals surface area contributed by atoms with Gasteiger partial charge in [-0.1, -0.05) is 5.16 Å². The molecule has 0 fully saturated rings. The zero-order chi connectivity index (χ0) is 14.7. The van der Waals surface area contributed by atoms with Crippen LogP contribution in [0.2, 0.25) is 0 Å². The van der Waals surface area contributed by atoms with Crippen LogP contribution in [-0.2, 0) is 6.42 Å². The third kappa shape index (κ3) is 3.12. The molecule has 0 saturated heterocycles. The Balaban J connectivity index is 2.26. The normalized spacial score (nSPS) is 12.9. The van der Waals surface area contributed by atoms with Crippen LogP contribution < -0.4 is 5.73 Å². The Morgan fingerprint density at radius 2 is 2.35 bits per heavy atom. The second-order valence-corrected chi connectivity index (χ2v) is 5.51. The van der Waals surface area contributed by atoms with Crippen molar-refractivity contribution in [1.29, 1.82) is 0 Å². The van der Waals surface area contributed by atoms with Crippen LogP contribution in [0.1, 0.15) is 28.8 Å². The molecule has 1 atom stereocenters. The molecule has 106 valence electrons. The Labute approximate surface area is 120 Å². The molecule has 2 N–H and O–H groups in total. The number of hydrogen-bond acceptors (Lipinski definition) is 6. The number of nitrogens with two attached hydrogens (primary N) is 1. The molecule has 1 unspecified atom stereocenters. The van der Waals surface area contributed by atoms with Crippen LogP contribution in [0, 0.1) is 17.0 Å². The summed E-state index contributed by atoms with van der Waals surface area (Å²) in [5.74, 6) is 0.160. The lowest BCUT2D eigenvalue weighted by Crippen LogP contribution is -2.17. The van der Waals surface area contributed by atoms with E-state index >= 15 is 0 Å². The van der Waals surface area contributed by atoms with Crippen molar-refractivity contribution in [2.75, 3.05) is 0 Å². The van der Waals surface area contributed by atoms with Crippen molar-refractivity contribution in [3.8, 4) is 0 Å². The molecule has 2 aromatic rings. The highest BCUT2D eigenvalue weighted by atomic mass is 32.1. The Bertz CT molecular complexity index is 643. The van der Waals surface area contributed by atoms with Gasteiger partial charge in [0.25, 0.3) is 0 Å². The summed E-state index contributed by atoms with van der Waals surface area (Å²) in [6.45, 7) is 3.49. The average Bonchev–Trinajstić information content (AvgIpc) is 2.92. The lowest BCUT2D eigenvalue weighted by molar-refractivity contribution is -0.386. The van der Waals surface area contributed by atoms with E-state index in [0.717, 1.165) is 16.9 Å². The fourth-order valence-corrected chi connectivity index (χ4v) is 2.70. The minimum atomic E-state index is -0.483. The lowest BCUT2D eigenvalue weighted by Gasteiger charge is -2.03. The first-order chi connectivity index (χ1) is 9.49. The molecule has 0 aliphatic rings. The van der Waals surface area contributed by atoms with Crippen LogP contribution in [0.25, 0.3) is 12.2 Å². The highest BCUT2D eigenvalue weighted by molar-refractivity contribution is 7.11. The van der Waals surface area contributed by atoms with Crippen molar-refractivity contribution >= 4 is 29.2 Å². The fraction of sp³-hybridized carbons (Fsp3) is 0.308. The Kier molecular flexibility index (Phi) is 4.31. The number of thiophene rings is 1. The predicted octanol–water partition coefficient (Wildman–Crippen LogP) is 3.01. The summed E-state index contributed by atoms with van der Waals surface area (Å²) < 4.78 is 4.98. The summed E-state index contributed by atoms with van der Waals surface area (Å²) in [7, 11) is 0. The first-order valence-electron chi connectivity index (χ1n) is 6.09. The molecule has 2 rings (SSSR count). The molecule has 20 heavy (non-hydrogen) atoms. The maximum atomic E-state index is 10.9. The van der Waals surface area contributed by atoms with Gasteiger partial charge in [0, 0.05) is 10.9 Å². The van der Waals surface area contributed by atoms with E-state index in [4.69, 9.17) is 10.3 Å². The highest BCUT2D eigenvalue weighted by Crippen LogP contribution is 2.26. The third-order valence-corrected chi connectivity index (χ3v) is 3.67. The van der Waals surface area contributed by atoms with Crippen molar-refractivity contribution < 1.29 is 9.45 Å². The third-order valence-electron chi connectivity index (χ3n) is 2.75. The molecule has 6 nitrogen and oxygen atoms in total. The molecular weight excluding hydrogens is 278 g/mol. The summed E-state index contributed by atoms with van der Waals surface area (Å²) >= 11 is 1.56. The minimum Gasteiger partial charge on any atom is -0.349 e. The molecule has 0 bridgehead atoms. The van der Waals surface area contributed by atoms with E-state index in [-0.39, 0.29) is 23.2 Å². The van der Waals surface area contributed by atoms with Crippen molar-refractivity contribution in [1.82, 2.24) is 5.16 Å². The number of aromatic nitrogens is 1. The largest absolute Gasteiger partial charge is 0.349 e. The Hall–Kier alpha value is -1.99. The van der Waals surface area contributed by atoms with E-state index in [2.05, 4.69) is 5.16 Å². The second kappa shape index (κ2) is 5.98. The first kappa shape index (κ1) is 14.4. The van der Waals surface area contributed by atoms with Gasteiger partial charge in [0.15, 0.2) is 5.69 Å². The smallest absolute Gasteiger partial charge is 0.338 e. The molecule has 0 aliphatic carbocycles. The molecule has 0 saturated carbocycles. The van der Waals surface area contributed by atoms with Crippen molar-refractivity contribution in [3.05, 3.63) is 43.5 Å². The van der Waals surface area contributed by atoms with Gasteiger partial charge < -0.3 is 10.3 Å². The summed E-state index contributed by atoms with van der Waals surface area (Å²) in [5, 5.41) is 16.5. The van der Waals surface area contributed by atoms with E-state index in [1.807, 2.05) is 18.4 Å².